The minimum Gasteiger partial charge on any atom is -0.476 e. The van der Waals surface area contributed by atoms with Crippen molar-refractivity contribution < 1.29 is 14.6 Å². The summed E-state index contributed by atoms with van der Waals surface area (Å²) in [5.41, 5.74) is 7.12. The molecule has 0 aromatic rings. The van der Waals surface area contributed by atoms with Crippen molar-refractivity contribution in [2.75, 3.05) is 6.61 Å². The van der Waals surface area contributed by atoms with Crippen LogP contribution in [0.1, 0.15) is 77.0 Å². The first kappa shape index (κ1) is 17.8. The van der Waals surface area contributed by atoms with Crippen LogP contribution in [0.15, 0.2) is 11.4 Å². The molecule has 0 unspecified atom stereocenters. The normalized spacial score (nSPS) is 39.0. The Hall–Kier alpha value is -1.27. The molecule has 6 nitrogen and oxygen atoms in total. The molecule has 6 rings (SSSR count). The van der Waals surface area contributed by atoms with Crippen molar-refractivity contribution in [2.24, 2.45) is 17.8 Å². The first-order valence-electron chi connectivity index (χ1n) is 11.0. The van der Waals surface area contributed by atoms with Gasteiger partial charge in [-0.25, -0.2) is 4.79 Å². The van der Waals surface area contributed by atoms with Crippen molar-refractivity contribution in [1.82, 2.24) is 16.0 Å². The highest BCUT2D eigenvalue weighted by atomic mass is 16.5. The zero-order valence-corrected chi connectivity index (χ0v) is 16.2. The molecule has 0 aromatic carbocycles. The lowest BCUT2D eigenvalue weighted by atomic mass is 9.54. The largest absolute Gasteiger partial charge is 0.476 e. The summed E-state index contributed by atoms with van der Waals surface area (Å²) in [7, 11) is 0. The number of hydrazine groups is 2. The maximum atomic E-state index is 11.8. The fourth-order valence-corrected chi connectivity index (χ4v) is 6.95. The standard InChI is InChI=1S/C21H33N3O3/c25-20(26)19-18(24(23-22-19)17-5-3-1-2-4-6-17)13-27-21-10-14-7-15(11-21)9-16(8-14)12-21/h14-17,22-23H,1-13H2,(H,25,26). The summed E-state index contributed by atoms with van der Waals surface area (Å²) >= 11 is 0. The van der Waals surface area contributed by atoms with Gasteiger partial charge in [0.25, 0.3) is 0 Å². The molecule has 0 spiro atoms. The molecule has 5 aliphatic carbocycles. The highest BCUT2D eigenvalue weighted by molar-refractivity contribution is 5.87. The van der Waals surface area contributed by atoms with E-state index in [2.05, 4.69) is 16.0 Å². The zero-order valence-electron chi connectivity index (χ0n) is 16.2. The maximum absolute atomic E-state index is 11.8. The molecule has 150 valence electrons. The minimum absolute atomic E-state index is 0.00305. The van der Waals surface area contributed by atoms with Gasteiger partial charge in [0.1, 0.15) is 0 Å². The van der Waals surface area contributed by atoms with Gasteiger partial charge in [-0.1, -0.05) is 25.7 Å². The third-order valence-electron chi connectivity index (χ3n) is 7.78. The summed E-state index contributed by atoms with van der Waals surface area (Å²) in [5.74, 6) is 1.61. The van der Waals surface area contributed by atoms with Crippen LogP contribution < -0.4 is 11.0 Å². The van der Waals surface area contributed by atoms with E-state index in [-0.39, 0.29) is 11.3 Å². The van der Waals surface area contributed by atoms with E-state index in [9.17, 15) is 9.90 Å². The quantitative estimate of drug-likeness (QED) is 0.640. The summed E-state index contributed by atoms with van der Waals surface area (Å²) in [5, 5.41) is 11.8. The van der Waals surface area contributed by atoms with Crippen molar-refractivity contribution in [3.05, 3.63) is 11.4 Å². The number of carboxylic acids is 1. The lowest BCUT2D eigenvalue weighted by Crippen LogP contribution is -2.52. The van der Waals surface area contributed by atoms with Gasteiger partial charge in [0.05, 0.1) is 17.9 Å². The fraction of sp³-hybridized carbons (Fsp3) is 0.857. The third-order valence-corrected chi connectivity index (χ3v) is 7.78. The van der Waals surface area contributed by atoms with Crippen molar-refractivity contribution in [2.45, 2.75) is 88.7 Å². The molecule has 0 aromatic heterocycles. The number of nitrogens with zero attached hydrogens (tertiary/aromatic N) is 1. The lowest BCUT2D eigenvalue weighted by Gasteiger charge is -2.56. The van der Waals surface area contributed by atoms with E-state index in [4.69, 9.17) is 4.74 Å². The predicted molar refractivity (Wildman–Crippen MR) is 101 cm³/mol. The van der Waals surface area contributed by atoms with E-state index in [1.54, 1.807) is 0 Å². The van der Waals surface area contributed by atoms with Crippen molar-refractivity contribution >= 4 is 5.97 Å². The zero-order chi connectivity index (χ0) is 18.4. The molecular weight excluding hydrogens is 342 g/mol. The number of aliphatic carboxylic acids is 1. The van der Waals surface area contributed by atoms with Gasteiger partial charge < -0.3 is 9.84 Å². The Labute approximate surface area is 161 Å². The van der Waals surface area contributed by atoms with E-state index in [1.165, 1.54) is 64.2 Å². The van der Waals surface area contributed by atoms with Crippen LogP contribution in [0.2, 0.25) is 0 Å². The van der Waals surface area contributed by atoms with Crippen LogP contribution in [0.25, 0.3) is 0 Å². The molecule has 0 saturated heterocycles. The van der Waals surface area contributed by atoms with E-state index in [0.29, 0.717) is 12.6 Å². The summed E-state index contributed by atoms with van der Waals surface area (Å²) in [4.78, 5) is 11.8. The fourth-order valence-electron chi connectivity index (χ4n) is 6.95. The van der Waals surface area contributed by atoms with Gasteiger partial charge >= 0.3 is 5.97 Å². The number of carbonyl (C=O) groups is 1. The molecule has 6 heteroatoms. The molecular formula is C21H33N3O3. The second-order valence-corrected chi connectivity index (χ2v) is 9.77. The van der Waals surface area contributed by atoms with Crippen molar-refractivity contribution in [3.8, 4) is 0 Å². The Morgan fingerprint density at radius 1 is 1.04 bits per heavy atom. The van der Waals surface area contributed by atoms with Crippen molar-refractivity contribution in [3.63, 3.8) is 0 Å². The van der Waals surface area contributed by atoms with Crippen LogP contribution in [-0.2, 0) is 9.53 Å². The molecule has 0 atom stereocenters. The average molecular weight is 376 g/mol. The highest BCUT2D eigenvalue weighted by Crippen LogP contribution is 2.57. The smallest absolute Gasteiger partial charge is 0.355 e. The Kier molecular flexibility index (Phi) is 4.59. The number of carboxylic acid groups (broad SMARTS) is 1. The Morgan fingerprint density at radius 2 is 1.63 bits per heavy atom. The monoisotopic (exact) mass is 375 g/mol. The van der Waals surface area contributed by atoms with Gasteiger partial charge in [-0.3, -0.25) is 10.4 Å². The van der Waals surface area contributed by atoms with Gasteiger partial charge in [0.2, 0.25) is 0 Å². The summed E-state index contributed by atoms with van der Waals surface area (Å²) in [6.45, 7) is 0.407. The van der Waals surface area contributed by atoms with Gasteiger partial charge in [-0.05, 0) is 69.1 Å². The number of nitrogens with one attached hydrogen (secondary N) is 2. The lowest BCUT2D eigenvalue weighted by molar-refractivity contribution is -0.160. The second kappa shape index (κ2) is 6.96. The maximum Gasteiger partial charge on any atom is 0.355 e. The summed E-state index contributed by atoms with van der Waals surface area (Å²) in [6, 6.07) is 0.354. The number of rotatable bonds is 5. The third kappa shape index (κ3) is 3.35. The minimum atomic E-state index is -0.900. The van der Waals surface area contributed by atoms with Gasteiger partial charge in [-0.2, -0.15) is 0 Å². The molecule has 5 fully saturated rings. The second-order valence-electron chi connectivity index (χ2n) is 9.77. The van der Waals surface area contributed by atoms with Crippen LogP contribution in [-0.4, -0.2) is 34.3 Å². The Bertz CT molecular complexity index is 589. The van der Waals surface area contributed by atoms with Crippen molar-refractivity contribution in [1.29, 1.82) is 0 Å². The van der Waals surface area contributed by atoms with E-state index in [1.807, 2.05) is 0 Å². The molecule has 27 heavy (non-hydrogen) atoms. The van der Waals surface area contributed by atoms with E-state index in [0.717, 1.165) is 36.3 Å². The molecule has 6 aliphatic rings. The molecule has 0 amide bonds. The molecule has 4 bridgehead atoms. The van der Waals surface area contributed by atoms with E-state index < -0.39 is 5.97 Å². The Balaban J connectivity index is 1.33. The molecule has 1 aliphatic heterocycles. The predicted octanol–water partition coefficient (Wildman–Crippen LogP) is 3.32. The molecule has 1 heterocycles. The first-order valence-corrected chi connectivity index (χ1v) is 11.0. The van der Waals surface area contributed by atoms with Crippen LogP contribution in [0.3, 0.4) is 0 Å². The number of hydrogen-bond acceptors (Lipinski definition) is 5. The van der Waals surface area contributed by atoms with Crippen LogP contribution in [0, 0.1) is 17.8 Å². The highest BCUT2D eigenvalue weighted by Gasteiger charge is 2.52. The SMILES string of the molecule is O=C(O)C1=C(COC23CC4CC(CC(C4)C2)C3)N(C2CCCCCC2)NN1. The topological polar surface area (TPSA) is 73.8 Å². The van der Waals surface area contributed by atoms with Crippen LogP contribution >= 0.6 is 0 Å². The molecule has 3 N–H and O–H groups in total. The van der Waals surface area contributed by atoms with Crippen LogP contribution in [0.5, 0.6) is 0 Å². The molecule has 0 radical (unpaired) electrons. The average Bonchev–Trinajstić information content (AvgIpc) is 2.85. The Morgan fingerprint density at radius 3 is 2.19 bits per heavy atom. The first-order chi connectivity index (χ1) is 13.1. The van der Waals surface area contributed by atoms with E-state index >= 15 is 0 Å². The van der Waals surface area contributed by atoms with Crippen LogP contribution in [0.4, 0.5) is 0 Å². The molecule has 5 saturated carbocycles. The van der Waals surface area contributed by atoms with Gasteiger partial charge in [0, 0.05) is 6.04 Å². The summed E-state index contributed by atoms with van der Waals surface area (Å²) in [6.07, 6.45) is 14.9. The van der Waals surface area contributed by atoms with Gasteiger partial charge in [-0.15, -0.1) is 5.53 Å². The number of hydrogen-bond donors (Lipinski definition) is 3. The summed E-state index contributed by atoms with van der Waals surface area (Å²) < 4.78 is 6.62. The number of ether oxygens (including phenoxy) is 1. The van der Waals surface area contributed by atoms with Gasteiger partial charge in [0.15, 0.2) is 5.70 Å².